The summed E-state index contributed by atoms with van der Waals surface area (Å²) in [6.07, 6.45) is 4.92. The number of hydrogen-bond acceptors (Lipinski definition) is 3. The van der Waals surface area contributed by atoms with Crippen LogP contribution in [-0.4, -0.2) is 26.4 Å². The van der Waals surface area contributed by atoms with Gasteiger partial charge in [-0.1, -0.05) is 31.0 Å². The normalized spacial score (nSPS) is 19.5. The Bertz CT molecular complexity index is 1040. The summed E-state index contributed by atoms with van der Waals surface area (Å²) >= 11 is 0. The van der Waals surface area contributed by atoms with Crippen LogP contribution in [0.5, 0.6) is 0 Å². The van der Waals surface area contributed by atoms with Crippen LogP contribution in [0.25, 0.3) is 16.9 Å². The summed E-state index contributed by atoms with van der Waals surface area (Å²) in [4.78, 5) is 28.9. The summed E-state index contributed by atoms with van der Waals surface area (Å²) in [5, 5.41) is 12.3. The smallest absolute Gasteiger partial charge is 0.307 e. The van der Waals surface area contributed by atoms with Crippen LogP contribution in [0.1, 0.15) is 31.4 Å². The molecule has 1 aromatic carbocycles. The first-order valence-corrected chi connectivity index (χ1v) is 9.62. The van der Waals surface area contributed by atoms with Gasteiger partial charge in [0.25, 0.3) is 0 Å². The third-order valence-electron chi connectivity index (χ3n) is 5.54. The van der Waals surface area contributed by atoms with Crippen LogP contribution in [0.15, 0.2) is 48.7 Å². The number of benzene rings is 1. The average Bonchev–Trinajstić information content (AvgIpc) is 3.14. The van der Waals surface area contributed by atoms with Crippen LogP contribution in [0.4, 0.5) is 5.69 Å². The van der Waals surface area contributed by atoms with E-state index in [0.29, 0.717) is 18.5 Å². The number of aryl methyl sites for hydroxylation is 1. The van der Waals surface area contributed by atoms with Gasteiger partial charge in [0, 0.05) is 23.1 Å². The third kappa shape index (κ3) is 3.50. The number of carbonyl (C=O) groups is 2. The van der Waals surface area contributed by atoms with Crippen molar-refractivity contribution >= 4 is 23.2 Å². The molecule has 0 spiro atoms. The Hall–Kier alpha value is -3.15. The fourth-order valence-corrected chi connectivity index (χ4v) is 4.02. The van der Waals surface area contributed by atoms with E-state index in [0.717, 1.165) is 35.4 Å². The molecule has 3 aromatic rings. The largest absolute Gasteiger partial charge is 0.481 e. The lowest BCUT2D eigenvalue weighted by Crippen LogP contribution is -2.36. The molecule has 28 heavy (non-hydrogen) atoms. The topological polar surface area (TPSA) is 83.7 Å². The SMILES string of the molecule is Cc1cccc2nc(-c3cccc(NC(=O)[C@@H]4CCCC[C@H]4C(=O)O)c3)cn12. The monoisotopic (exact) mass is 377 g/mol. The Morgan fingerprint density at radius 2 is 1.86 bits per heavy atom. The molecule has 1 saturated carbocycles. The first-order chi connectivity index (χ1) is 13.5. The molecule has 144 valence electrons. The van der Waals surface area contributed by atoms with Gasteiger partial charge in [0.15, 0.2) is 0 Å². The maximum absolute atomic E-state index is 12.7. The minimum absolute atomic E-state index is 0.213. The van der Waals surface area contributed by atoms with Crippen molar-refractivity contribution in [1.82, 2.24) is 9.38 Å². The number of imidazole rings is 1. The summed E-state index contributed by atoms with van der Waals surface area (Å²) in [5.41, 5.74) is 4.35. The van der Waals surface area contributed by atoms with Gasteiger partial charge in [-0.15, -0.1) is 0 Å². The first kappa shape index (κ1) is 18.2. The van der Waals surface area contributed by atoms with Crippen molar-refractivity contribution < 1.29 is 14.7 Å². The molecular formula is C22H23N3O3. The summed E-state index contributed by atoms with van der Waals surface area (Å²) in [7, 11) is 0. The van der Waals surface area contributed by atoms with Crippen molar-refractivity contribution in [1.29, 1.82) is 0 Å². The van der Waals surface area contributed by atoms with Crippen LogP contribution >= 0.6 is 0 Å². The summed E-state index contributed by atoms with van der Waals surface area (Å²) in [6.45, 7) is 2.03. The van der Waals surface area contributed by atoms with Crippen LogP contribution in [0.2, 0.25) is 0 Å². The van der Waals surface area contributed by atoms with Gasteiger partial charge in [-0.25, -0.2) is 4.98 Å². The van der Waals surface area contributed by atoms with Crippen molar-refractivity contribution in [2.45, 2.75) is 32.6 Å². The van der Waals surface area contributed by atoms with Gasteiger partial charge in [0.1, 0.15) is 5.65 Å². The summed E-state index contributed by atoms with van der Waals surface area (Å²) < 4.78 is 2.03. The zero-order valence-electron chi connectivity index (χ0n) is 15.8. The second-order valence-corrected chi connectivity index (χ2v) is 7.43. The van der Waals surface area contributed by atoms with Gasteiger partial charge in [-0.3, -0.25) is 9.59 Å². The fraction of sp³-hybridized carbons (Fsp3) is 0.318. The van der Waals surface area contributed by atoms with Gasteiger partial charge in [0.05, 0.1) is 17.5 Å². The van der Waals surface area contributed by atoms with Crippen LogP contribution < -0.4 is 5.32 Å². The number of carboxylic acid groups (broad SMARTS) is 1. The van der Waals surface area contributed by atoms with Crippen molar-refractivity contribution in [2.24, 2.45) is 11.8 Å². The molecule has 0 saturated heterocycles. The molecule has 0 bridgehead atoms. The number of carboxylic acids is 1. The third-order valence-corrected chi connectivity index (χ3v) is 5.54. The van der Waals surface area contributed by atoms with Crippen LogP contribution in [-0.2, 0) is 9.59 Å². The van der Waals surface area contributed by atoms with Crippen LogP contribution in [0, 0.1) is 18.8 Å². The maximum Gasteiger partial charge on any atom is 0.307 e. The Kier molecular flexibility index (Phi) is 4.86. The summed E-state index contributed by atoms with van der Waals surface area (Å²) in [5.74, 6) is -2.17. The predicted octanol–water partition coefficient (Wildman–Crippen LogP) is 4.14. The number of nitrogens with zero attached hydrogens (tertiary/aromatic N) is 2. The molecule has 4 rings (SSSR count). The highest BCUT2D eigenvalue weighted by atomic mass is 16.4. The average molecular weight is 377 g/mol. The zero-order valence-corrected chi connectivity index (χ0v) is 15.8. The zero-order chi connectivity index (χ0) is 19.7. The minimum atomic E-state index is -0.881. The number of aliphatic carboxylic acids is 1. The van der Waals surface area contributed by atoms with Gasteiger partial charge in [0.2, 0.25) is 5.91 Å². The molecule has 1 aliphatic rings. The molecule has 6 heteroatoms. The van der Waals surface area contributed by atoms with Crippen molar-refractivity contribution in [2.75, 3.05) is 5.32 Å². The predicted molar refractivity (Wildman–Crippen MR) is 107 cm³/mol. The molecule has 1 aliphatic carbocycles. The van der Waals surface area contributed by atoms with E-state index >= 15 is 0 Å². The molecule has 0 unspecified atom stereocenters. The number of anilines is 1. The van der Waals surface area contributed by atoms with E-state index < -0.39 is 17.8 Å². The minimum Gasteiger partial charge on any atom is -0.481 e. The first-order valence-electron chi connectivity index (χ1n) is 9.62. The highest BCUT2D eigenvalue weighted by Gasteiger charge is 2.35. The Labute approximate surface area is 163 Å². The van der Waals surface area contributed by atoms with Gasteiger partial charge < -0.3 is 14.8 Å². The van der Waals surface area contributed by atoms with Crippen molar-refractivity contribution in [3.05, 3.63) is 54.4 Å². The molecule has 0 radical (unpaired) electrons. The van der Waals surface area contributed by atoms with Gasteiger partial charge >= 0.3 is 5.97 Å². The van der Waals surface area contributed by atoms with E-state index in [-0.39, 0.29) is 5.91 Å². The number of fused-ring (bicyclic) bond motifs is 1. The Morgan fingerprint density at radius 1 is 1.11 bits per heavy atom. The van der Waals surface area contributed by atoms with E-state index in [1.54, 1.807) is 0 Å². The molecular weight excluding hydrogens is 354 g/mol. The number of nitrogens with one attached hydrogen (secondary N) is 1. The van der Waals surface area contributed by atoms with Gasteiger partial charge in [-0.05, 0) is 44.0 Å². The quantitative estimate of drug-likeness (QED) is 0.716. The van der Waals surface area contributed by atoms with E-state index in [9.17, 15) is 14.7 Å². The summed E-state index contributed by atoms with van der Waals surface area (Å²) in [6, 6.07) is 13.5. The lowest BCUT2D eigenvalue weighted by atomic mass is 9.78. The number of amides is 1. The number of aromatic nitrogens is 2. The second-order valence-electron chi connectivity index (χ2n) is 7.43. The van der Waals surface area contributed by atoms with Gasteiger partial charge in [-0.2, -0.15) is 0 Å². The molecule has 1 amide bonds. The van der Waals surface area contributed by atoms with E-state index in [4.69, 9.17) is 0 Å². The van der Waals surface area contributed by atoms with E-state index in [2.05, 4.69) is 10.3 Å². The number of pyridine rings is 1. The maximum atomic E-state index is 12.7. The number of rotatable bonds is 4. The highest BCUT2D eigenvalue weighted by molar-refractivity contribution is 5.95. The molecule has 2 N–H and O–H groups in total. The lowest BCUT2D eigenvalue weighted by molar-refractivity contribution is -0.147. The standard InChI is InChI=1S/C22H23N3O3/c1-14-6-4-11-20-24-19(13-25(14)20)15-7-5-8-16(12-15)23-21(26)17-9-2-3-10-18(17)22(27)28/h4-8,11-13,17-18H,2-3,9-10H2,1H3,(H,23,26)(H,27,28)/t17-,18-/m1/s1. The van der Waals surface area contributed by atoms with Crippen molar-refractivity contribution in [3.63, 3.8) is 0 Å². The fourth-order valence-electron chi connectivity index (χ4n) is 4.02. The molecule has 1 fully saturated rings. The van der Waals surface area contributed by atoms with E-state index in [1.165, 1.54) is 0 Å². The van der Waals surface area contributed by atoms with E-state index in [1.807, 2.05) is 60.0 Å². The molecule has 6 nitrogen and oxygen atoms in total. The van der Waals surface area contributed by atoms with Crippen LogP contribution in [0.3, 0.4) is 0 Å². The molecule has 0 aliphatic heterocycles. The number of carbonyl (C=O) groups excluding carboxylic acids is 1. The highest BCUT2D eigenvalue weighted by Crippen LogP contribution is 2.32. The second kappa shape index (κ2) is 7.46. The molecule has 2 atom stereocenters. The number of hydrogen-bond donors (Lipinski definition) is 2. The molecule has 2 aromatic heterocycles. The Morgan fingerprint density at radius 3 is 2.61 bits per heavy atom. The van der Waals surface area contributed by atoms with Crippen molar-refractivity contribution in [3.8, 4) is 11.3 Å². The molecule has 2 heterocycles. The Balaban J connectivity index is 1.57. The lowest BCUT2D eigenvalue weighted by Gasteiger charge is -2.27.